The van der Waals surface area contributed by atoms with Gasteiger partial charge in [-0.05, 0) is 24.3 Å². The van der Waals surface area contributed by atoms with E-state index in [9.17, 15) is 5.11 Å². The first kappa shape index (κ1) is 10.5. The molecular weight excluding hydrogens is 226 g/mol. The maximum Gasteiger partial charge on any atom is 0.116 e. The van der Waals surface area contributed by atoms with E-state index in [2.05, 4.69) is 10.3 Å². The number of hydrogen-bond acceptors (Lipinski definition) is 3. The van der Waals surface area contributed by atoms with Crippen molar-refractivity contribution in [1.29, 1.82) is 0 Å². The van der Waals surface area contributed by atoms with Crippen molar-refractivity contribution >= 4 is 0 Å². The number of benzene rings is 2. The standard InChI is InChI=1S/C14H11N3O/c18-13-8-4-5-11(9-13)14-10-15-16-17(14)12-6-2-1-3-7-12/h1-10,18H. The molecule has 4 nitrogen and oxygen atoms in total. The lowest BCUT2D eigenvalue weighted by atomic mass is 10.1. The predicted molar refractivity (Wildman–Crippen MR) is 68.5 cm³/mol. The van der Waals surface area contributed by atoms with Crippen LogP contribution < -0.4 is 0 Å². The molecule has 0 radical (unpaired) electrons. The number of para-hydroxylation sites is 1. The molecule has 0 aliphatic carbocycles. The summed E-state index contributed by atoms with van der Waals surface area (Å²) in [5, 5.41) is 17.5. The van der Waals surface area contributed by atoms with Gasteiger partial charge in [0.1, 0.15) is 5.75 Å². The van der Waals surface area contributed by atoms with Crippen molar-refractivity contribution in [2.75, 3.05) is 0 Å². The first-order valence-electron chi connectivity index (χ1n) is 5.60. The van der Waals surface area contributed by atoms with Crippen LogP contribution in [-0.4, -0.2) is 20.1 Å². The first-order chi connectivity index (χ1) is 8.84. The molecule has 0 fully saturated rings. The maximum atomic E-state index is 9.52. The van der Waals surface area contributed by atoms with E-state index in [1.807, 2.05) is 36.4 Å². The average Bonchev–Trinajstić information content (AvgIpc) is 2.89. The van der Waals surface area contributed by atoms with Crippen LogP contribution in [0.3, 0.4) is 0 Å². The molecular formula is C14H11N3O. The van der Waals surface area contributed by atoms with Crippen LogP contribution in [0.25, 0.3) is 16.9 Å². The van der Waals surface area contributed by atoms with Crippen LogP contribution in [0, 0.1) is 0 Å². The molecule has 0 bridgehead atoms. The largest absolute Gasteiger partial charge is 0.508 e. The van der Waals surface area contributed by atoms with E-state index in [0.717, 1.165) is 16.9 Å². The predicted octanol–water partition coefficient (Wildman–Crippen LogP) is 2.64. The molecule has 0 atom stereocenters. The van der Waals surface area contributed by atoms with Gasteiger partial charge >= 0.3 is 0 Å². The van der Waals surface area contributed by atoms with Gasteiger partial charge < -0.3 is 5.11 Å². The second-order valence-corrected chi connectivity index (χ2v) is 3.92. The molecule has 88 valence electrons. The van der Waals surface area contributed by atoms with E-state index in [1.165, 1.54) is 0 Å². The molecule has 1 heterocycles. The third-order valence-electron chi connectivity index (χ3n) is 2.69. The second-order valence-electron chi connectivity index (χ2n) is 3.92. The number of hydrogen-bond donors (Lipinski definition) is 1. The highest BCUT2D eigenvalue weighted by Crippen LogP contribution is 2.24. The zero-order chi connectivity index (χ0) is 12.4. The smallest absolute Gasteiger partial charge is 0.116 e. The molecule has 3 aromatic rings. The van der Waals surface area contributed by atoms with E-state index in [4.69, 9.17) is 0 Å². The summed E-state index contributed by atoms with van der Waals surface area (Å²) < 4.78 is 1.74. The Morgan fingerprint density at radius 3 is 2.56 bits per heavy atom. The number of rotatable bonds is 2. The molecule has 0 saturated heterocycles. The second kappa shape index (κ2) is 4.33. The van der Waals surface area contributed by atoms with Gasteiger partial charge in [0.15, 0.2) is 0 Å². The van der Waals surface area contributed by atoms with Gasteiger partial charge in [-0.1, -0.05) is 35.5 Å². The highest BCUT2D eigenvalue weighted by Gasteiger charge is 2.08. The third-order valence-corrected chi connectivity index (χ3v) is 2.69. The van der Waals surface area contributed by atoms with Crippen molar-refractivity contribution in [2.24, 2.45) is 0 Å². The first-order valence-corrected chi connectivity index (χ1v) is 5.60. The highest BCUT2D eigenvalue weighted by molar-refractivity contribution is 5.62. The molecule has 0 amide bonds. The number of aromatic nitrogens is 3. The maximum absolute atomic E-state index is 9.52. The zero-order valence-corrected chi connectivity index (χ0v) is 9.56. The highest BCUT2D eigenvalue weighted by atomic mass is 16.3. The van der Waals surface area contributed by atoms with Crippen LogP contribution in [-0.2, 0) is 0 Å². The van der Waals surface area contributed by atoms with Crippen LogP contribution in [0.15, 0.2) is 60.8 Å². The molecule has 18 heavy (non-hydrogen) atoms. The van der Waals surface area contributed by atoms with E-state index in [-0.39, 0.29) is 5.75 Å². The number of aromatic hydroxyl groups is 1. The summed E-state index contributed by atoms with van der Waals surface area (Å²) in [6.45, 7) is 0. The minimum Gasteiger partial charge on any atom is -0.508 e. The Morgan fingerprint density at radius 1 is 0.944 bits per heavy atom. The van der Waals surface area contributed by atoms with Crippen molar-refractivity contribution in [3.63, 3.8) is 0 Å². The Balaban J connectivity index is 2.13. The quantitative estimate of drug-likeness (QED) is 0.745. The Labute approximate surface area is 104 Å². The molecule has 1 aromatic heterocycles. The normalized spacial score (nSPS) is 10.4. The van der Waals surface area contributed by atoms with Crippen molar-refractivity contribution in [1.82, 2.24) is 15.0 Å². The van der Waals surface area contributed by atoms with Gasteiger partial charge in [0.2, 0.25) is 0 Å². The fourth-order valence-electron chi connectivity index (χ4n) is 1.86. The zero-order valence-electron chi connectivity index (χ0n) is 9.56. The Hall–Kier alpha value is -2.62. The molecule has 0 spiro atoms. The summed E-state index contributed by atoms with van der Waals surface area (Å²) in [7, 11) is 0. The average molecular weight is 237 g/mol. The number of phenols is 1. The molecule has 2 aromatic carbocycles. The van der Waals surface area contributed by atoms with Gasteiger partial charge in [0.05, 0.1) is 17.6 Å². The minimum absolute atomic E-state index is 0.230. The van der Waals surface area contributed by atoms with Gasteiger partial charge in [-0.15, -0.1) is 5.10 Å². The van der Waals surface area contributed by atoms with Crippen LogP contribution in [0.5, 0.6) is 5.75 Å². The minimum atomic E-state index is 0.230. The SMILES string of the molecule is Oc1cccc(-c2cnnn2-c2ccccc2)c1. The van der Waals surface area contributed by atoms with Crippen LogP contribution >= 0.6 is 0 Å². The Morgan fingerprint density at radius 2 is 1.78 bits per heavy atom. The molecule has 4 heteroatoms. The van der Waals surface area contributed by atoms with E-state index in [1.54, 1.807) is 29.1 Å². The molecule has 3 rings (SSSR count). The van der Waals surface area contributed by atoms with E-state index < -0.39 is 0 Å². The lowest BCUT2D eigenvalue weighted by Crippen LogP contribution is -1.98. The fraction of sp³-hybridized carbons (Fsp3) is 0. The van der Waals surface area contributed by atoms with E-state index >= 15 is 0 Å². The molecule has 0 aliphatic rings. The van der Waals surface area contributed by atoms with Gasteiger partial charge in [-0.3, -0.25) is 0 Å². The van der Waals surface area contributed by atoms with E-state index in [0.29, 0.717) is 0 Å². The van der Waals surface area contributed by atoms with Crippen LogP contribution in [0.4, 0.5) is 0 Å². The van der Waals surface area contributed by atoms with Gasteiger partial charge in [0.25, 0.3) is 0 Å². The fourth-order valence-corrected chi connectivity index (χ4v) is 1.86. The number of nitrogens with zero attached hydrogens (tertiary/aromatic N) is 3. The van der Waals surface area contributed by atoms with Crippen LogP contribution in [0.1, 0.15) is 0 Å². The Kier molecular flexibility index (Phi) is 2.53. The molecule has 0 unspecified atom stereocenters. The van der Waals surface area contributed by atoms with Crippen molar-refractivity contribution in [2.45, 2.75) is 0 Å². The monoisotopic (exact) mass is 237 g/mol. The van der Waals surface area contributed by atoms with Crippen molar-refractivity contribution in [3.8, 4) is 22.7 Å². The lowest BCUT2D eigenvalue weighted by molar-refractivity contribution is 0.475. The molecule has 0 aliphatic heterocycles. The molecule has 1 N–H and O–H groups in total. The topological polar surface area (TPSA) is 50.9 Å². The van der Waals surface area contributed by atoms with Crippen LogP contribution in [0.2, 0.25) is 0 Å². The summed E-state index contributed by atoms with van der Waals surface area (Å²) in [4.78, 5) is 0. The summed E-state index contributed by atoms with van der Waals surface area (Å²) >= 11 is 0. The van der Waals surface area contributed by atoms with Gasteiger partial charge in [-0.25, -0.2) is 4.68 Å². The van der Waals surface area contributed by atoms with Crippen molar-refractivity contribution < 1.29 is 5.11 Å². The lowest BCUT2D eigenvalue weighted by Gasteiger charge is -2.06. The molecule has 0 saturated carbocycles. The van der Waals surface area contributed by atoms with Crippen molar-refractivity contribution in [3.05, 3.63) is 60.8 Å². The van der Waals surface area contributed by atoms with Gasteiger partial charge in [0, 0.05) is 5.56 Å². The summed E-state index contributed by atoms with van der Waals surface area (Å²) in [5.74, 6) is 0.230. The third kappa shape index (κ3) is 1.84. The summed E-state index contributed by atoms with van der Waals surface area (Å²) in [5.41, 5.74) is 2.66. The summed E-state index contributed by atoms with van der Waals surface area (Å²) in [6, 6.07) is 16.8. The number of phenolic OH excluding ortho intramolecular Hbond substituents is 1. The van der Waals surface area contributed by atoms with Gasteiger partial charge in [-0.2, -0.15) is 0 Å². The Bertz CT molecular complexity index is 662. The summed E-state index contributed by atoms with van der Waals surface area (Å²) in [6.07, 6.45) is 1.68.